The van der Waals surface area contributed by atoms with Gasteiger partial charge in [-0.15, -0.1) is 0 Å². The maximum absolute atomic E-state index is 12.3. The number of hydrogen-bond acceptors (Lipinski definition) is 4. The molecule has 8 heteroatoms. The van der Waals surface area contributed by atoms with Crippen molar-refractivity contribution in [3.8, 4) is 6.07 Å². The summed E-state index contributed by atoms with van der Waals surface area (Å²) in [6.45, 7) is 4.80. The maximum Gasteiger partial charge on any atom is 0.322 e. The summed E-state index contributed by atoms with van der Waals surface area (Å²) in [5.74, 6) is -1.29. The summed E-state index contributed by atoms with van der Waals surface area (Å²) in [5.41, 5.74) is -0.722. The summed E-state index contributed by atoms with van der Waals surface area (Å²) in [4.78, 5) is 10.9. The zero-order chi connectivity index (χ0) is 16.4. The van der Waals surface area contributed by atoms with Gasteiger partial charge in [-0.1, -0.05) is 32.4 Å². The SMILES string of the molecule is CC(C)(C)C(NS(=O)(=O)c1cc(C#N)ccc1Cl)C(=O)O. The average molecular weight is 331 g/mol. The molecule has 0 aromatic heterocycles. The molecule has 1 aromatic rings. The smallest absolute Gasteiger partial charge is 0.322 e. The van der Waals surface area contributed by atoms with E-state index in [2.05, 4.69) is 4.72 Å². The number of nitriles is 1. The number of sulfonamides is 1. The Morgan fingerprint density at radius 1 is 1.43 bits per heavy atom. The predicted octanol–water partition coefficient (Wildman–Crippen LogP) is 1.99. The fourth-order valence-corrected chi connectivity index (χ4v) is 3.52. The van der Waals surface area contributed by atoms with E-state index in [0.29, 0.717) is 0 Å². The third-order valence-electron chi connectivity index (χ3n) is 2.74. The molecule has 1 rings (SSSR count). The zero-order valence-electron chi connectivity index (χ0n) is 11.7. The second kappa shape index (κ2) is 6.02. The minimum atomic E-state index is -4.16. The van der Waals surface area contributed by atoms with Gasteiger partial charge in [-0.3, -0.25) is 4.79 Å². The van der Waals surface area contributed by atoms with Crippen LogP contribution in [0.15, 0.2) is 23.1 Å². The maximum atomic E-state index is 12.3. The largest absolute Gasteiger partial charge is 0.480 e. The highest BCUT2D eigenvalue weighted by atomic mass is 35.5. The Bertz CT molecular complexity index is 702. The van der Waals surface area contributed by atoms with Crippen molar-refractivity contribution in [3.05, 3.63) is 28.8 Å². The highest BCUT2D eigenvalue weighted by molar-refractivity contribution is 7.89. The Balaban J connectivity index is 3.30. The van der Waals surface area contributed by atoms with Gasteiger partial charge in [0.2, 0.25) is 10.0 Å². The van der Waals surface area contributed by atoms with Gasteiger partial charge in [-0.05, 0) is 23.6 Å². The van der Waals surface area contributed by atoms with Crippen molar-refractivity contribution in [2.75, 3.05) is 0 Å². The molecule has 2 N–H and O–H groups in total. The van der Waals surface area contributed by atoms with E-state index in [9.17, 15) is 18.3 Å². The number of carbonyl (C=O) groups is 1. The summed E-state index contributed by atoms with van der Waals surface area (Å²) in [5, 5.41) is 17.9. The molecule has 0 aliphatic rings. The van der Waals surface area contributed by atoms with E-state index in [-0.39, 0.29) is 15.5 Å². The van der Waals surface area contributed by atoms with Gasteiger partial charge in [-0.25, -0.2) is 8.42 Å². The van der Waals surface area contributed by atoms with Crippen LogP contribution in [0.4, 0.5) is 0 Å². The summed E-state index contributed by atoms with van der Waals surface area (Å²) < 4.78 is 26.7. The fourth-order valence-electron chi connectivity index (χ4n) is 1.60. The number of aliphatic carboxylic acids is 1. The van der Waals surface area contributed by atoms with Crippen molar-refractivity contribution in [2.24, 2.45) is 5.41 Å². The van der Waals surface area contributed by atoms with Crippen molar-refractivity contribution in [2.45, 2.75) is 31.7 Å². The average Bonchev–Trinajstić information content (AvgIpc) is 2.35. The van der Waals surface area contributed by atoms with Crippen LogP contribution >= 0.6 is 11.6 Å². The van der Waals surface area contributed by atoms with Gasteiger partial charge in [0.25, 0.3) is 0 Å². The first kappa shape index (κ1) is 17.4. The zero-order valence-corrected chi connectivity index (χ0v) is 13.3. The van der Waals surface area contributed by atoms with Crippen LogP contribution < -0.4 is 4.72 Å². The van der Waals surface area contributed by atoms with Gasteiger partial charge in [0, 0.05) is 0 Å². The van der Waals surface area contributed by atoms with Gasteiger partial charge < -0.3 is 5.11 Å². The first-order chi connectivity index (χ1) is 9.49. The van der Waals surface area contributed by atoms with Crippen LogP contribution in [0.5, 0.6) is 0 Å². The molecular formula is C13H15ClN2O4S. The minimum absolute atomic E-state index is 0.0838. The standard InChI is InChI=1S/C13H15ClN2O4S/c1-13(2,3)11(12(17)18)16-21(19,20)10-6-8(7-15)4-5-9(10)14/h4-6,11,16H,1-3H3,(H,17,18). The van der Waals surface area contributed by atoms with E-state index < -0.39 is 27.4 Å². The lowest BCUT2D eigenvalue weighted by Gasteiger charge is -2.27. The molecule has 0 spiro atoms. The molecule has 1 unspecified atom stereocenters. The van der Waals surface area contributed by atoms with Crippen LogP contribution in [0, 0.1) is 16.7 Å². The van der Waals surface area contributed by atoms with Gasteiger partial charge in [-0.2, -0.15) is 9.98 Å². The molecule has 0 fully saturated rings. The van der Waals surface area contributed by atoms with Gasteiger partial charge in [0.15, 0.2) is 0 Å². The minimum Gasteiger partial charge on any atom is -0.480 e. The molecule has 0 bridgehead atoms. The highest BCUT2D eigenvalue weighted by Crippen LogP contribution is 2.26. The number of halogens is 1. The quantitative estimate of drug-likeness (QED) is 0.877. The molecule has 0 saturated heterocycles. The van der Waals surface area contributed by atoms with Crippen molar-refractivity contribution in [1.29, 1.82) is 5.26 Å². The molecule has 114 valence electrons. The summed E-state index contributed by atoms with van der Waals surface area (Å²) in [7, 11) is -4.16. The fraction of sp³-hybridized carbons (Fsp3) is 0.385. The van der Waals surface area contributed by atoms with Crippen LogP contribution in [-0.4, -0.2) is 25.5 Å². The van der Waals surface area contributed by atoms with Gasteiger partial charge >= 0.3 is 5.97 Å². The molecular weight excluding hydrogens is 316 g/mol. The van der Waals surface area contributed by atoms with Crippen molar-refractivity contribution in [3.63, 3.8) is 0 Å². The van der Waals surface area contributed by atoms with E-state index in [1.165, 1.54) is 12.1 Å². The second-order valence-electron chi connectivity index (χ2n) is 5.52. The third-order valence-corrected chi connectivity index (χ3v) is 4.64. The monoisotopic (exact) mass is 330 g/mol. The Morgan fingerprint density at radius 2 is 2.00 bits per heavy atom. The Kier molecular flexibility index (Phi) is 4.99. The number of carboxylic acid groups (broad SMARTS) is 1. The predicted molar refractivity (Wildman–Crippen MR) is 77.4 cm³/mol. The van der Waals surface area contributed by atoms with E-state index in [4.69, 9.17) is 16.9 Å². The van der Waals surface area contributed by atoms with Gasteiger partial charge in [0.05, 0.1) is 16.7 Å². The lowest BCUT2D eigenvalue weighted by atomic mass is 9.88. The normalized spacial score (nSPS) is 13.5. The van der Waals surface area contributed by atoms with Crippen LogP contribution in [0.25, 0.3) is 0 Å². The molecule has 0 saturated carbocycles. The highest BCUT2D eigenvalue weighted by Gasteiger charge is 2.35. The molecule has 6 nitrogen and oxygen atoms in total. The molecule has 0 aliphatic heterocycles. The van der Waals surface area contributed by atoms with E-state index >= 15 is 0 Å². The number of nitrogens with one attached hydrogen (secondary N) is 1. The summed E-state index contributed by atoms with van der Waals surface area (Å²) in [6, 6.07) is 4.23. The molecule has 0 heterocycles. The van der Waals surface area contributed by atoms with Crippen LogP contribution in [0.2, 0.25) is 5.02 Å². The molecule has 0 aliphatic carbocycles. The van der Waals surface area contributed by atoms with Crippen LogP contribution in [0.3, 0.4) is 0 Å². The molecule has 1 atom stereocenters. The molecule has 21 heavy (non-hydrogen) atoms. The number of benzene rings is 1. The first-order valence-electron chi connectivity index (χ1n) is 5.94. The van der Waals surface area contributed by atoms with Crippen molar-refractivity contribution >= 4 is 27.6 Å². The van der Waals surface area contributed by atoms with Crippen molar-refractivity contribution < 1.29 is 18.3 Å². The van der Waals surface area contributed by atoms with E-state index in [0.717, 1.165) is 6.07 Å². The molecule has 0 radical (unpaired) electrons. The Hall–Kier alpha value is -1.62. The number of rotatable bonds is 4. The molecule has 1 aromatic carbocycles. The number of nitrogens with zero attached hydrogens (tertiary/aromatic N) is 1. The van der Waals surface area contributed by atoms with Crippen LogP contribution in [0.1, 0.15) is 26.3 Å². The topological polar surface area (TPSA) is 107 Å². The molecule has 0 amide bonds. The second-order valence-corrected chi connectivity index (χ2v) is 7.61. The van der Waals surface area contributed by atoms with Crippen LogP contribution in [-0.2, 0) is 14.8 Å². The lowest BCUT2D eigenvalue weighted by Crippen LogP contribution is -2.49. The third kappa shape index (κ3) is 4.17. The lowest BCUT2D eigenvalue weighted by molar-refractivity contribution is -0.141. The Morgan fingerprint density at radius 3 is 2.43 bits per heavy atom. The summed E-state index contributed by atoms with van der Waals surface area (Å²) >= 11 is 5.84. The van der Waals surface area contributed by atoms with E-state index in [1.807, 2.05) is 0 Å². The number of hydrogen-bond donors (Lipinski definition) is 2. The first-order valence-corrected chi connectivity index (χ1v) is 7.80. The number of carboxylic acids is 1. The van der Waals surface area contributed by atoms with Gasteiger partial charge in [0.1, 0.15) is 10.9 Å². The summed E-state index contributed by atoms with van der Waals surface area (Å²) in [6.07, 6.45) is 0. The van der Waals surface area contributed by atoms with Crippen molar-refractivity contribution in [1.82, 2.24) is 4.72 Å². The Labute approximate surface area is 128 Å². The van der Waals surface area contributed by atoms with E-state index in [1.54, 1.807) is 26.8 Å².